The molecular formula is C16H15N3O2. The van der Waals surface area contributed by atoms with Crippen LogP contribution in [-0.4, -0.2) is 22.8 Å². The van der Waals surface area contributed by atoms with E-state index in [0.29, 0.717) is 18.0 Å². The Morgan fingerprint density at radius 3 is 2.71 bits per heavy atom. The largest absolute Gasteiger partial charge is 0.380 e. The highest BCUT2D eigenvalue weighted by molar-refractivity contribution is 6.09. The summed E-state index contributed by atoms with van der Waals surface area (Å²) in [5.41, 5.74) is 2.59. The van der Waals surface area contributed by atoms with Gasteiger partial charge in [0.2, 0.25) is 6.10 Å². The number of pyridine rings is 1. The van der Waals surface area contributed by atoms with E-state index in [9.17, 15) is 4.79 Å². The normalized spacial score (nSPS) is 17.7. The van der Waals surface area contributed by atoms with Gasteiger partial charge < -0.3 is 10.2 Å². The van der Waals surface area contributed by atoms with Crippen molar-refractivity contribution in [1.82, 2.24) is 10.3 Å². The molecule has 0 radical (unpaired) electrons. The lowest BCUT2D eigenvalue weighted by atomic mass is 10.1. The van der Waals surface area contributed by atoms with Crippen LogP contribution in [0.3, 0.4) is 0 Å². The first-order valence-corrected chi connectivity index (χ1v) is 6.74. The topological polar surface area (TPSA) is 63.6 Å². The predicted molar refractivity (Wildman–Crippen MR) is 78.7 cm³/mol. The zero-order chi connectivity index (χ0) is 14.7. The number of amidine groups is 1. The Kier molecular flexibility index (Phi) is 3.64. The van der Waals surface area contributed by atoms with Gasteiger partial charge in [0.25, 0.3) is 5.91 Å². The minimum absolute atomic E-state index is 0.200. The van der Waals surface area contributed by atoms with Crippen LogP contribution in [0.15, 0.2) is 53.8 Å². The van der Waals surface area contributed by atoms with Gasteiger partial charge in [0.05, 0.1) is 0 Å². The molecule has 1 atom stereocenters. The Morgan fingerprint density at radius 1 is 1.19 bits per heavy atom. The van der Waals surface area contributed by atoms with Crippen molar-refractivity contribution >= 4 is 11.7 Å². The zero-order valence-electron chi connectivity index (χ0n) is 11.6. The highest BCUT2D eigenvalue weighted by Crippen LogP contribution is 2.12. The van der Waals surface area contributed by atoms with E-state index < -0.39 is 6.10 Å². The van der Waals surface area contributed by atoms with Crippen molar-refractivity contribution in [3.8, 4) is 0 Å². The molecule has 5 nitrogen and oxygen atoms in total. The molecule has 0 fully saturated rings. The van der Waals surface area contributed by atoms with Gasteiger partial charge in [-0.15, -0.1) is 0 Å². The standard InChI is InChI=1S/C16H15N3O2/c1-11-6-5-9-17-14(11)15-18-16(20)13(21-19-15)10-12-7-3-2-4-8-12/h2-9,13H,10H2,1H3,(H,18,19,20). The summed E-state index contributed by atoms with van der Waals surface area (Å²) >= 11 is 0. The lowest BCUT2D eigenvalue weighted by Crippen LogP contribution is -2.45. The lowest BCUT2D eigenvalue weighted by Gasteiger charge is -2.21. The number of hydrogen-bond acceptors (Lipinski definition) is 4. The summed E-state index contributed by atoms with van der Waals surface area (Å²) in [5.74, 6) is 0.163. The molecule has 5 heteroatoms. The molecule has 0 bridgehead atoms. The molecule has 1 unspecified atom stereocenters. The minimum Gasteiger partial charge on any atom is -0.380 e. The van der Waals surface area contributed by atoms with Crippen LogP contribution in [0.5, 0.6) is 0 Å². The van der Waals surface area contributed by atoms with Crippen molar-refractivity contribution in [2.75, 3.05) is 0 Å². The van der Waals surface area contributed by atoms with Gasteiger partial charge in [-0.05, 0) is 24.1 Å². The Labute approximate surface area is 122 Å². The first-order valence-electron chi connectivity index (χ1n) is 6.74. The maximum atomic E-state index is 12.1. The molecule has 1 N–H and O–H groups in total. The number of carbonyl (C=O) groups is 1. The van der Waals surface area contributed by atoms with Crippen LogP contribution in [0.2, 0.25) is 0 Å². The highest BCUT2D eigenvalue weighted by atomic mass is 16.6. The average molecular weight is 281 g/mol. The average Bonchev–Trinajstić information content (AvgIpc) is 2.51. The molecule has 1 amide bonds. The number of benzene rings is 1. The number of oxime groups is 1. The van der Waals surface area contributed by atoms with Gasteiger partial charge in [-0.2, -0.15) is 0 Å². The minimum atomic E-state index is -0.611. The molecule has 2 aromatic rings. The number of nitrogens with zero attached hydrogens (tertiary/aromatic N) is 2. The second kappa shape index (κ2) is 5.75. The Hall–Kier alpha value is -2.69. The summed E-state index contributed by atoms with van der Waals surface area (Å²) in [6.07, 6.45) is 1.54. The Bertz CT molecular complexity index is 683. The molecule has 106 valence electrons. The van der Waals surface area contributed by atoms with Gasteiger partial charge in [-0.25, -0.2) is 0 Å². The molecular weight excluding hydrogens is 266 g/mol. The summed E-state index contributed by atoms with van der Waals surface area (Å²) < 4.78 is 0. The summed E-state index contributed by atoms with van der Waals surface area (Å²) in [4.78, 5) is 21.7. The van der Waals surface area contributed by atoms with E-state index in [1.54, 1.807) is 6.20 Å². The number of carbonyl (C=O) groups excluding carboxylic acids is 1. The maximum absolute atomic E-state index is 12.1. The fourth-order valence-corrected chi connectivity index (χ4v) is 2.18. The molecule has 1 aromatic heterocycles. The summed E-state index contributed by atoms with van der Waals surface area (Å²) in [5, 5.41) is 6.78. The molecule has 3 rings (SSSR count). The summed E-state index contributed by atoms with van der Waals surface area (Å²) in [6, 6.07) is 13.5. The Balaban J connectivity index is 1.76. The van der Waals surface area contributed by atoms with Crippen molar-refractivity contribution < 1.29 is 9.63 Å². The number of nitrogens with one attached hydrogen (secondary N) is 1. The number of rotatable bonds is 3. The SMILES string of the molecule is Cc1cccnc1C1=NOC(Cc2ccccc2)C(=O)N1. The predicted octanol–water partition coefficient (Wildman–Crippen LogP) is 1.81. The summed E-state index contributed by atoms with van der Waals surface area (Å²) in [7, 11) is 0. The lowest BCUT2D eigenvalue weighted by molar-refractivity contribution is -0.133. The van der Waals surface area contributed by atoms with Gasteiger partial charge in [0.1, 0.15) is 5.69 Å². The van der Waals surface area contributed by atoms with Crippen LogP contribution in [-0.2, 0) is 16.1 Å². The molecule has 0 saturated heterocycles. The van der Waals surface area contributed by atoms with Crippen molar-refractivity contribution in [1.29, 1.82) is 0 Å². The van der Waals surface area contributed by atoms with Gasteiger partial charge >= 0.3 is 0 Å². The summed E-state index contributed by atoms with van der Waals surface area (Å²) in [6.45, 7) is 1.91. The molecule has 1 aliphatic rings. The van der Waals surface area contributed by atoms with E-state index in [4.69, 9.17) is 4.84 Å². The Morgan fingerprint density at radius 2 is 2.00 bits per heavy atom. The fraction of sp³-hybridized carbons (Fsp3) is 0.188. The first-order chi connectivity index (χ1) is 10.2. The van der Waals surface area contributed by atoms with Crippen LogP contribution >= 0.6 is 0 Å². The zero-order valence-corrected chi connectivity index (χ0v) is 11.6. The van der Waals surface area contributed by atoms with Crippen LogP contribution in [0.25, 0.3) is 0 Å². The van der Waals surface area contributed by atoms with Gasteiger partial charge in [-0.1, -0.05) is 41.6 Å². The monoisotopic (exact) mass is 281 g/mol. The van der Waals surface area contributed by atoms with Crippen LogP contribution in [0.1, 0.15) is 16.8 Å². The van der Waals surface area contributed by atoms with E-state index in [1.165, 1.54) is 0 Å². The molecule has 0 spiro atoms. The number of hydrogen-bond donors (Lipinski definition) is 1. The highest BCUT2D eigenvalue weighted by Gasteiger charge is 2.28. The van der Waals surface area contributed by atoms with Crippen molar-refractivity contribution in [2.24, 2.45) is 5.16 Å². The van der Waals surface area contributed by atoms with E-state index in [0.717, 1.165) is 11.1 Å². The van der Waals surface area contributed by atoms with Crippen LogP contribution < -0.4 is 5.32 Å². The smallest absolute Gasteiger partial charge is 0.269 e. The molecule has 0 saturated carbocycles. The molecule has 1 aromatic carbocycles. The third kappa shape index (κ3) is 2.91. The second-order valence-corrected chi connectivity index (χ2v) is 4.88. The van der Waals surface area contributed by atoms with E-state index in [2.05, 4.69) is 15.5 Å². The quantitative estimate of drug-likeness (QED) is 0.933. The van der Waals surface area contributed by atoms with E-state index in [-0.39, 0.29) is 5.91 Å². The number of amides is 1. The number of aromatic nitrogens is 1. The maximum Gasteiger partial charge on any atom is 0.269 e. The van der Waals surface area contributed by atoms with Crippen molar-refractivity contribution in [3.63, 3.8) is 0 Å². The van der Waals surface area contributed by atoms with E-state index >= 15 is 0 Å². The van der Waals surface area contributed by atoms with Crippen LogP contribution in [0.4, 0.5) is 0 Å². The van der Waals surface area contributed by atoms with Crippen LogP contribution in [0, 0.1) is 6.92 Å². The third-order valence-electron chi connectivity index (χ3n) is 3.30. The van der Waals surface area contributed by atoms with Crippen molar-refractivity contribution in [2.45, 2.75) is 19.4 Å². The number of aryl methyl sites for hydroxylation is 1. The molecule has 0 aliphatic carbocycles. The van der Waals surface area contributed by atoms with Gasteiger partial charge in [0.15, 0.2) is 5.84 Å². The van der Waals surface area contributed by atoms with E-state index in [1.807, 2.05) is 49.4 Å². The second-order valence-electron chi connectivity index (χ2n) is 4.88. The van der Waals surface area contributed by atoms with Gasteiger partial charge in [0, 0.05) is 12.6 Å². The van der Waals surface area contributed by atoms with Gasteiger partial charge in [-0.3, -0.25) is 9.78 Å². The molecule has 1 aliphatic heterocycles. The molecule has 2 heterocycles. The first kappa shape index (κ1) is 13.3. The van der Waals surface area contributed by atoms with Crippen molar-refractivity contribution in [3.05, 3.63) is 65.5 Å². The molecule has 21 heavy (non-hydrogen) atoms. The fourth-order valence-electron chi connectivity index (χ4n) is 2.18. The third-order valence-corrected chi connectivity index (χ3v) is 3.30.